The molecule has 2 fully saturated rings. The molecular formula is C92H173NO13. The number of unbranched alkanes of at least 4 members (excludes halogenated alkanes) is 58. The van der Waals surface area contributed by atoms with Gasteiger partial charge in [-0.25, -0.2) is 0 Å². The molecule has 0 aromatic rings. The molecule has 0 aliphatic carbocycles. The molecule has 12 atom stereocenters. The Morgan fingerprint density at radius 1 is 0.349 bits per heavy atom. The molecule has 1 amide bonds. The molecule has 0 aromatic carbocycles. The lowest BCUT2D eigenvalue weighted by Crippen LogP contribution is -2.65. The highest BCUT2D eigenvalue weighted by atomic mass is 16.7. The van der Waals surface area contributed by atoms with Crippen LogP contribution < -0.4 is 5.32 Å². The molecule has 0 bridgehead atoms. The van der Waals surface area contributed by atoms with Gasteiger partial charge in [0.15, 0.2) is 12.6 Å². The number of hydrogen-bond donors (Lipinski definition) is 9. The van der Waals surface area contributed by atoms with Gasteiger partial charge in [-0.1, -0.05) is 428 Å². The Balaban J connectivity index is 1.53. The van der Waals surface area contributed by atoms with Crippen molar-refractivity contribution in [2.45, 2.75) is 511 Å². The van der Waals surface area contributed by atoms with Crippen molar-refractivity contribution in [2.75, 3.05) is 19.8 Å². The van der Waals surface area contributed by atoms with Gasteiger partial charge in [0, 0.05) is 6.42 Å². The first-order valence-corrected chi connectivity index (χ1v) is 45.9. The zero-order chi connectivity index (χ0) is 76.5. The number of carbonyl (C=O) groups excluding carboxylic acids is 1. The smallest absolute Gasteiger partial charge is 0.220 e. The van der Waals surface area contributed by atoms with Gasteiger partial charge in [-0.05, 0) is 51.4 Å². The van der Waals surface area contributed by atoms with Gasteiger partial charge in [-0.3, -0.25) is 4.79 Å². The van der Waals surface area contributed by atoms with Crippen LogP contribution in [0.4, 0.5) is 0 Å². The normalized spacial score (nSPS) is 21.5. The number of rotatable bonds is 79. The average molecular weight is 1500 g/mol. The highest BCUT2D eigenvalue weighted by molar-refractivity contribution is 5.76. The second-order valence-corrected chi connectivity index (χ2v) is 32.4. The zero-order valence-corrected chi connectivity index (χ0v) is 69.0. The molecule has 0 radical (unpaired) electrons. The van der Waals surface area contributed by atoms with Crippen molar-refractivity contribution in [2.24, 2.45) is 0 Å². The summed E-state index contributed by atoms with van der Waals surface area (Å²) in [4.78, 5) is 13.4. The fourth-order valence-electron chi connectivity index (χ4n) is 15.4. The number of allylic oxidation sites excluding steroid dienone is 8. The molecule has 2 rings (SSSR count). The van der Waals surface area contributed by atoms with Gasteiger partial charge in [-0.15, -0.1) is 0 Å². The Morgan fingerprint density at radius 2 is 0.651 bits per heavy atom. The van der Waals surface area contributed by atoms with Crippen molar-refractivity contribution in [3.05, 3.63) is 48.6 Å². The molecule has 2 saturated heterocycles. The Labute approximate surface area is 652 Å². The summed E-state index contributed by atoms with van der Waals surface area (Å²) in [6.07, 6.45) is 86.3. The minimum atomic E-state index is -1.78. The topological polar surface area (TPSA) is 228 Å². The van der Waals surface area contributed by atoms with E-state index in [9.17, 15) is 45.6 Å². The predicted octanol–water partition coefficient (Wildman–Crippen LogP) is 22.5. The van der Waals surface area contributed by atoms with E-state index >= 15 is 0 Å². The molecule has 0 aromatic heterocycles. The third kappa shape index (κ3) is 57.0. The van der Waals surface area contributed by atoms with E-state index in [1.54, 1.807) is 0 Å². The van der Waals surface area contributed by atoms with Crippen LogP contribution in [-0.4, -0.2) is 140 Å². The maximum Gasteiger partial charge on any atom is 0.220 e. The third-order valence-corrected chi connectivity index (χ3v) is 22.6. The summed E-state index contributed by atoms with van der Waals surface area (Å²) < 4.78 is 23.0. The maximum absolute atomic E-state index is 13.4. The molecule has 2 aliphatic heterocycles. The number of hydrogen-bond acceptors (Lipinski definition) is 13. The summed E-state index contributed by atoms with van der Waals surface area (Å²) in [7, 11) is 0. The molecule has 14 heteroatoms. The Morgan fingerprint density at radius 3 is 1.00 bits per heavy atom. The number of carbonyl (C=O) groups is 1. The van der Waals surface area contributed by atoms with Crippen LogP contribution in [0.3, 0.4) is 0 Å². The highest BCUT2D eigenvalue weighted by Crippen LogP contribution is 2.31. The lowest BCUT2D eigenvalue weighted by molar-refractivity contribution is -0.359. The fraction of sp³-hybridized carbons (Fsp3) is 0.902. The van der Waals surface area contributed by atoms with Gasteiger partial charge >= 0.3 is 0 Å². The Kier molecular flexibility index (Phi) is 71.4. The number of ether oxygens (including phenoxy) is 4. The van der Waals surface area contributed by atoms with Crippen LogP contribution in [-0.2, 0) is 23.7 Å². The first-order valence-electron chi connectivity index (χ1n) is 45.9. The quantitative estimate of drug-likeness (QED) is 0.0204. The number of nitrogens with one attached hydrogen (secondary N) is 1. The summed E-state index contributed by atoms with van der Waals surface area (Å²) in [6, 6.07) is -0.829. The second-order valence-electron chi connectivity index (χ2n) is 32.4. The number of aliphatic hydroxyl groups is 8. The summed E-state index contributed by atoms with van der Waals surface area (Å²) >= 11 is 0. The summed E-state index contributed by atoms with van der Waals surface area (Å²) in [5, 5.41) is 88.1. The van der Waals surface area contributed by atoms with Gasteiger partial charge in [0.1, 0.15) is 48.8 Å². The average Bonchev–Trinajstić information content (AvgIpc) is 0.790. The van der Waals surface area contributed by atoms with Crippen LogP contribution in [0.25, 0.3) is 0 Å². The first kappa shape index (κ1) is 100. The SMILES string of the molecule is CC/C=C\C/C=C\C/C=C\C/C=C\CCCCCCCCCCCCCCCCCCCCCCCCCCCCCCC(=O)NC(COC1OC(CO)C(OC2OC(CO)C(O)C(O)C2O)C(O)C1O)C(O)CCCCCCCCCCCCCCCCCCCCCCCCCCCCCCCCC. The minimum absolute atomic E-state index is 0.196. The lowest BCUT2D eigenvalue weighted by Gasteiger charge is -2.46. The first-order chi connectivity index (χ1) is 52.1. The fourth-order valence-corrected chi connectivity index (χ4v) is 15.4. The van der Waals surface area contributed by atoms with E-state index < -0.39 is 86.8 Å². The van der Waals surface area contributed by atoms with Crippen molar-refractivity contribution < 1.29 is 64.6 Å². The van der Waals surface area contributed by atoms with Crippen molar-refractivity contribution in [1.29, 1.82) is 0 Å². The molecule has 2 heterocycles. The van der Waals surface area contributed by atoms with Crippen LogP contribution in [0.15, 0.2) is 48.6 Å². The zero-order valence-electron chi connectivity index (χ0n) is 69.0. The van der Waals surface area contributed by atoms with E-state index in [4.69, 9.17) is 18.9 Å². The van der Waals surface area contributed by atoms with Gasteiger partial charge < -0.3 is 65.1 Å². The van der Waals surface area contributed by atoms with E-state index in [0.717, 1.165) is 77.0 Å². The lowest BCUT2D eigenvalue weighted by atomic mass is 9.97. The Bertz CT molecular complexity index is 1970. The van der Waals surface area contributed by atoms with Crippen molar-refractivity contribution in [3.63, 3.8) is 0 Å². The van der Waals surface area contributed by atoms with Crippen LogP contribution in [0.5, 0.6) is 0 Å². The molecule has 0 spiro atoms. The standard InChI is InChI=1S/C92H173NO13/c1-3-5-7-9-11-13-15-17-19-21-23-25-27-29-31-33-35-36-37-38-39-40-41-42-43-44-46-48-50-52-54-56-58-60-62-64-66-68-70-72-74-76-84(97)93-80(79-103-91-89(102)87(100)90(83(78-95)105-91)106-92-88(101)86(99)85(98)82(77-94)104-92)81(96)75-73-71-69-67-65-63-61-59-57-55-53-51-49-47-45-34-32-30-28-26-24-22-20-18-16-14-12-10-8-6-4-2/h5,7,11,13,17,19,23,25,80-83,85-92,94-96,98-102H,3-4,6,8-10,12,14-16,18,20-22,24,26-79H2,1-2H3,(H,93,97)/b7-5-,13-11-,19-17-,25-23-. The van der Waals surface area contributed by atoms with Crippen molar-refractivity contribution in [3.8, 4) is 0 Å². The number of amides is 1. The summed E-state index contributed by atoms with van der Waals surface area (Å²) in [5.41, 5.74) is 0. The van der Waals surface area contributed by atoms with Gasteiger partial charge in [0.2, 0.25) is 5.91 Å². The number of aliphatic hydroxyl groups excluding tert-OH is 8. The van der Waals surface area contributed by atoms with Crippen LogP contribution in [0.1, 0.15) is 438 Å². The van der Waals surface area contributed by atoms with Crippen molar-refractivity contribution >= 4 is 5.91 Å². The second kappa shape index (κ2) is 75.6. The van der Waals surface area contributed by atoms with E-state index in [1.165, 1.54) is 334 Å². The molecule has 0 saturated carbocycles. The van der Waals surface area contributed by atoms with Crippen LogP contribution in [0.2, 0.25) is 0 Å². The van der Waals surface area contributed by atoms with E-state index in [0.29, 0.717) is 12.8 Å². The minimum Gasteiger partial charge on any atom is -0.394 e. The molecule has 624 valence electrons. The van der Waals surface area contributed by atoms with Gasteiger partial charge in [0.05, 0.1) is 32.0 Å². The van der Waals surface area contributed by atoms with E-state index in [2.05, 4.69) is 67.8 Å². The third-order valence-electron chi connectivity index (χ3n) is 22.6. The molecule has 106 heavy (non-hydrogen) atoms. The molecule has 12 unspecified atom stereocenters. The Hall–Kier alpha value is -2.05. The maximum atomic E-state index is 13.4. The molecular weight excluding hydrogens is 1330 g/mol. The van der Waals surface area contributed by atoms with Gasteiger partial charge in [-0.2, -0.15) is 0 Å². The predicted molar refractivity (Wildman–Crippen MR) is 443 cm³/mol. The largest absolute Gasteiger partial charge is 0.394 e. The van der Waals surface area contributed by atoms with Gasteiger partial charge in [0.25, 0.3) is 0 Å². The monoisotopic (exact) mass is 1500 g/mol. The van der Waals surface area contributed by atoms with E-state index in [1.807, 2.05) is 0 Å². The molecule has 9 N–H and O–H groups in total. The van der Waals surface area contributed by atoms with Crippen LogP contribution in [0, 0.1) is 0 Å². The molecule has 14 nitrogen and oxygen atoms in total. The van der Waals surface area contributed by atoms with Crippen LogP contribution >= 0.6 is 0 Å². The molecule has 2 aliphatic rings. The summed E-state index contributed by atoms with van der Waals surface area (Å²) in [5.74, 6) is -0.196. The van der Waals surface area contributed by atoms with E-state index in [-0.39, 0.29) is 12.5 Å². The van der Waals surface area contributed by atoms with Crippen molar-refractivity contribution in [1.82, 2.24) is 5.32 Å². The highest BCUT2D eigenvalue weighted by Gasteiger charge is 2.51. The summed E-state index contributed by atoms with van der Waals surface area (Å²) in [6.45, 7) is 2.83.